The number of hydrogen-bond acceptors (Lipinski definition) is 3. The number of ether oxygens (including phenoxy) is 1. The van der Waals surface area contributed by atoms with Gasteiger partial charge in [0, 0.05) is 31.3 Å². The second-order valence-electron chi connectivity index (χ2n) is 5.99. The van der Waals surface area contributed by atoms with Crippen molar-refractivity contribution in [2.24, 2.45) is 5.92 Å². The van der Waals surface area contributed by atoms with Gasteiger partial charge in [0.2, 0.25) is 0 Å². The molecule has 3 unspecified atom stereocenters. The molecule has 0 aromatic heterocycles. The second-order valence-corrected chi connectivity index (χ2v) is 5.99. The fourth-order valence-electron chi connectivity index (χ4n) is 3.02. The van der Waals surface area contributed by atoms with Gasteiger partial charge in [-0.3, -0.25) is 4.90 Å². The summed E-state index contributed by atoms with van der Waals surface area (Å²) >= 11 is 0. The maximum atomic E-state index is 5.31. The van der Waals surface area contributed by atoms with Crippen LogP contribution in [0.5, 0.6) is 0 Å². The third-order valence-corrected chi connectivity index (χ3v) is 5.07. The molecule has 0 bridgehead atoms. The highest BCUT2D eigenvalue weighted by atomic mass is 16.5. The van der Waals surface area contributed by atoms with Gasteiger partial charge in [0.05, 0.1) is 6.61 Å². The average Bonchev–Trinajstić information content (AvgIpc) is 3.21. The Labute approximate surface area is 113 Å². The lowest BCUT2D eigenvalue weighted by molar-refractivity contribution is 0.00565. The van der Waals surface area contributed by atoms with E-state index in [2.05, 4.69) is 45.0 Å². The number of rotatable bonds is 9. The van der Waals surface area contributed by atoms with Crippen molar-refractivity contribution >= 4 is 0 Å². The molecule has 1 saturated carbocycles. The van der Waals surface area contributed by atoms with Crippen molar-refractivity contribution in [3.05, 3.63) is 0 Å². The number of likely N-dealkylation sites (N-methyl/N-ethyl adjacent to an activating group) is 1. The molecule has 3 nitrogen and oxygen atoms in total. The monoisotopic (exact) mass is 256 g/mol. The SMILES string of the molecule is CCC(C)(C(C)NC)N(CCOC)C(C)C1CC1. The van der Waals surface area contributed by atoms with Gasteiger partial charge >= 0.3 is 0 Å². The lowest BCUT2D eigenvalue weighted by Crippen LogP contribution is -2.61. The van der Waals surface area contributed by atoms with Crippen LogP contribution in [0.15, 0.2) is 0 Å². The number of nitrogens with zero attached hydrogens (tertiary/aromatic N) is 1. The first kappa shape index (κ1) is 15.9. The zero-order valence-corrected chi connectivity index (χ0v) is 13.1. The van der Waals surface area contributed by atoms with E-state index in [4.69, 9.17) is 4.74 Å². The molecule has 1 aliphatic rings. The molecule has 0 aromatic rings. The third kappa shape index (κ3) is 3.46. The van der Waals surface area contributed by atoms with Gasteiger partial charge in [0.1, 0.15) is 0 Å². The molecule has 1 rings (SSSR count). The van der Waals surface area contributed by atoms with Crippen molar-refractivity contribution in [3.63, 3.8) is 0 Å². The number of methoxy groups -OCH3 is 1. The Bertz CT molecular complexity index is 243. The summed E-state index contributed by atoms with van der Waals surface area (Å²) in [6.45, 7) is 11.2. The Morgan fingerprint density at radius 2 is 2.00 bits per heavy atom. The van der Waals surface area contributed by atoms with E-state index in [0.717, 1.165) is 25.5 Å². The minimum atomic E-state index is 0.204. The van der Waals surface area contributed by atoms with Crippen LogP contribution in [0, 0.1) is 5.92 Å². The topological polar surface area (TPSA) is 24.5 Å². The molecule has 1 aliphatic carbocycles. The fourth-order valence-corrected chi connectivity index (χ4v) is 3.02. The normalized spacial score (nSPS) is 22.8. The number of nitrogens with one attached hydrogen (secondary N) is 1. The number of hydrogen-bond donors (Lipinski definition) is 1. The zero-order chi connectivity index (χ0) is 13.8. The van der Waals surface area contributed by atoms with Crippen LogP contribution in [0.3, 0.4) is 0 Å². The summed E-state index contributed by atoms with van der Waals surface area (Å²) in [5, 5.41) is 3.45. The largest absolute Gasteiger partial charge is 0.383 e. The van der Waals surface area contributed by atoms with Crippen LogP contribution >= 0.6 is 0 Å². The fraction of sp³-hybridized carbons (Fsp3) is 1.00. The Kier molecular flexibility index (Phi) is 6.09. The van der Waals surface area contributed by atoms with Crippen molar-refractivity contribution in [2.75, 3.05) is 27.3 Å². The summed E-state index contributed by atoms with van der Waals surface area (Å²) in [6.07, 6.45) is 3.96. The third-order valence-electron chi connectivity index (χ3n) is 5.07. The Morgan fingerprint density at radius 1 is 1.39 bits per heavy atom. The molecule has 0 radical (unpaired) electrons. The molecule has 3 heteroatoms. The minimum Gasteiger partial charge on any atom is -0.383 e. The van der Waals surface area contributed by atoms with E-state index < -0.39 is 0 Å². The highest BCUT2D eigenvalue weighted by Gasteiger charge is 2.42. The van der Waals surface area contributed by atoms with Gasteiger partial charge in [-0.2, -0.15) is 0 Å². The van der Waals surface area contributed by atoms with Crippen LogP contribution in [0.1, 0.15) is 47.0 Å². The van der Waals surface area contributed by atoms with Gasteiger partial charge in [0.15, 0.2) is 0 Å². The zero-order valence-electron chi connectivity index (χ0n) is 13.1. The van der Waals surface area contributed by atoms with Crippen LogP contribution < -0.4 is 5.32 Å². The van der Waals surface area contributed by atoms with Gasteiger partial charge in [-0.25, -0.2) is 0 Å². The lowest BCUT2D eigenvalue weighted by atomic mass is 9.86. The second kappa shape index (κ2) is 6.88. The van der Waals surface area contributed by atoms with Gasteiger partial charge in [-0.15, -0.1) is 0 Å². The predicted octanol–water partition coefficient (Wildman–Crippen LogP) is 2.51. The quantitative estimate of drug-likeness (QED) is 0.686. The van der Waals surface area contributed by atoms with E-state index in [1.807, 2.05) is 0 Å². The van der Waals surface area contributed by atoms with Crippen LogP contribution in [-0.4, -0.2) is 49.8 Å². The summed E-state index contributed by atoms with van der Waals surface area (Å²) in [4.78, 5) is 2.68. The molecule has 0 aromatic carbocycles. The first-order chi connectivity index (χ1) is 8.51. The van der Waals surface area contributed by atoms with E-state index in [-0.39, 0.29) is 5.54 Å². The van der Waals surface area contributed by atoms with Crippen LogP contribution in [0.2, 0.25) is 0 Å². The summed E-state index contributed by atoms with van der Waals surface area (Å²) in [7, 11) is 3.86. The van der Waals surface area contributed by atoms with Crippen molar-refractivity contribution in [1.82, 2.24) is 10.2 Å². The molecular weight excluding hydrogens is 224 g/mol. The maximum absolute atomic E-state index is 5.31. The van der Waals surface area contributed by atoms with E-state index >= 15 is 0 Å². The van der Waals surface area contributed by atoms with E-state index in [0.29, 0.717) is 12.1 Å². The average molecular weight is 256 g/mol. The van der Waals surface area contributed by atoms with E-state index in [1.165, 1.54) is 12.8 Å². The van der Waals surface area contributed by atoms with E-state index in [1.54, 1.807) is 7.11 Å². The van der Waals surface area contributed by atoms with Gasteiger partial charge < -0.3 is 10.1 Å². The van der Waals surface area contributed by atoms with Crippen LogP contribution in [0.4, 0.5) is 0 Å². The van der Waals surface area contributed by atoms with Gasteiger partial charge in [0.25, 0.3) is 0 Å². The standard InChI is InChI=1S/C15H32N2O/c1-7-15(4,13(3)16-5)17(10-11-18-6)12(2)14-8-9-14/h12-14,16H,7-11H2,1-6H3. The highest BCUT2D eigenvalue weighted by molar-refractivity contribution is 4.98. The molecule has 18 heavy (non-hydrogen) atoms. The predicted molar refractivity (Wildman–Crippen MR) is 78.0 cm³/mol. The Balaban J connectivity index is 2.82. The van der Waals surface area contributed by atoms with Crippen LogP contribution in [0.25, 0.3) is 0 Å². The van der Waals surface area contributed by atoms with E-state index in [9.17, 15) is 0 Å². The summed E-state index contributed by atoms with van der Waals surface area (Å²) < 4.78 is 5.31. The molecule has 0 amide bonds. The van der Waals surface area contributed by atoms with Crippen molar-refractivity contribution in [2.45, 2.75) is 64.6 Å². The molecule has 0 heterocycles. The first-order valence-corrected chi connectivity index (χ1v) is 7.44. The molecule has 108 valence electrons. The molecule has 0 aliphatic heterocycles. The summed E-state index contributed by atoms with van der Waals surface area (Å²) in [5.41, 5.74) is 0.204. The minimum absolute atomic E-state index is 0.204. The molecule has 0 saturated heterocycles. The van der Waals surface area contributed by atoms with Crippen molar-refractivity contribution in [1.29, 1.82) is 0 Å². The highest BCUT2D eigenvalue weighted by Crippen LogP contribution is 2.39. The van der Waals surface area contributed by atoms with Crippen molar-refractivity contribution in [3.8, 4) is 0 Å². The van der Waals surface area contributed by atoms with Crippen LogP contribution in [-0.2, 0) is 4.74 Å². The van der Waals surface area contributed by atoms with Gasteiger partial charge in [-0.1, -0.05) is 6.92 Å². The first-order valence-electron chi connectivity index (χ1n) is 7.44. The smallest absolute Gasteiger partial charge is 0.0590 e. The lowest BCUT2D eigenvalue weighted by Gasteiger charge is -2.48. The van der Waals surface area contributed by atoms with Crippen molar-refractivity contribution < 1.29 is 4.74 Å². The maximum Gasteiger partial charge on any atom is 0.0590 e. The van der Waals surface area contributed by atoms with Gasteiger partial charge in [-0.05, 0) is 53.0 Å². The molecule has 1 fully saturated rings. The molecule has 1 N–H and O–H groups in total. The Hall–Kier alpha value is -0.120. The summed E-state index contributed by atoms with van der Waals surface area (Å²) in [5.74, 6) is 0.900. The molecule has 0 spiro atoms. The molecular formula is C15H32N2O. The Morgan fingerprint density at radius 3 is 2.39 bits per heavy atom. The summed E-state index contributed by atoms with van der Waals surface area (Å²) in [6, 6.07) is 1.15. The molecule has 3 atom stereocenters.